The highest BCUT2D eigenvalue weighted by molar-refractivity contribution is 7.86. The number of rotatable bonds is 4. The van der Waals surface area contributed by atoms with Crippen LogP contribution in [0.5, 0.6) is 0 Å². The summed E-state index contributed by atoms with van der Waals surface area (Å²) in [6.07, 6.45) is 0. The Morgan fingerprint density at radius 2 is 2.12 bits per heavy atom. The zero-order valence-corrected chi connectivity index (χ0v) is 9.14. The van der Waals surface area contributed by atoms with E-state index in [1.165, 1.54) is 31.2 Å². The van der Waals surface area contributed by atoms with E-state index in [1.54, 1.807) is 0 Å². The summed E-state index contributed by atoms with van der Waals surface area (Å²) >= 11 is 0. The molecule has 0 aliphatic rings. The van der Waals surface area contributed by atoms with Crippen LogP contribution in [0.3, 0.4) is 0 Å². The third-order valence-corrected chi connectivity index (χ3v) is 2.89. The molecule has 0 unspecified atom stereocenters. The summed E-state index contributed by atoms with van der Waals surface area (Å²) in [5.74, 6) is 0. The molecule has 7 nitrogen and oxygen atoms in total. The van der Waals surface area contributed by atoms with E-state index < -0.39 is 20.4 Å². The largest absolute Gasteiger partial charge is 0.367 e. The molecule has 0 aliphatic carbocycles. The SMILES string of the molecule is C[C@H](Nc1cccc([N+](=O)[O-])c1)S(=O)(=O)O. The molecule has 0 aliphatic heterocycles. The second kappa shape index (κ2) is 4.45. The van der Waals surface area contributed by atoms with Gasteiger partial charge in [-0.15, -0.1) is 0 Å². The van der Waals surface area contributed by atoms with Gasteiger partial charge in [0.05, 0.1) is 4.92 Å². The second-order valence-corrected chi connectivity index (χ2v) is 4.85. The minimum absolute atomic E-state index is 0.160. The lowest BCUT2D eigenvalue weighted by Gasteiger charge is -2.11. The van der Waals surface area contributed by atoms with Crippen LogP contribution >= 0.6 is 0 Å². The molecule has 1 rings (SSSR count). The van der Waals surface area contributed by atoms with E-state index in [4.69, 9.17) is 4.55 Å². The fourth-order valence-electron chi connectivity index (χ4n) is 1.02. The Labute approximate surface area is 92.0 Å². The van der Waals surface area contributed by atoms with Crippen LogP contribution in [0.4, 0.5) is 11.4 Å². The average molecular weight is 246 g/mol. The Kier molecular flexibility index (Phi) is 3.45. The summed E-state index contributed by atoms with van der Waals surface area (Å²) in [7, 11) is -4.22. The molecule has 1 atom stereocenters. The van der Waals surface area contributed by atoms with Crippen LogP contribution in [0, 0.1) is 10.1 Å². The molecular weight excluding hydrogens is 236 g/mol. The monoisotopic (exact) mass is 246 g/mol. The highest BCUT2D eigenvalue weighted by atomic mass is 32.2. The predicted molar refractivity (Wildman–Crippen MR) is 57.7 cm³/mol. The number of nitrogens with zero attached hydrogens (tertiary/aromatic N) is 1. The van der Waals surface area contributed by atoms with Gasteiger partial charge >= 0.3 is 0 Å². The van der Waals surface area contributed by atoms with Crippen molar-refractivity contribution in [3.8, 4) is 0 Å². The van der Waals surface area contributed by atoms with Gasteiger partial charge in [0.25, 0.3) is 15.8 Å². The lowest BCUT2D eigenvalue weighted by Crippen LogP contribution is -2.25. The Bertz CT molecular complexity index is 499. The van der Waals surface area contributed by atoms with Crippen LogP contribution in [-0.4, -0.2) is 23.3 Å². The van der Waals surface area contributed by atoms with Gasteiger partial charge in [0.2, 0.25) is 0 Å². The lowest BCUT2D eigenvalue weighted by molar-refractivity contribution is -0.384. The Morgan fingerprint density at radius 3 is 2.62 bits per heavy atom. The number of benzene rings is 1. The van der Waals surface area contributed by atoms with Gasteiger partial charge in [-0.2, -0.15) is 8.42 Å². The van der Waals surface area contributed by atoms with Crippen LogP contribution in [0.1, 0.15) is 6.92 Å². The molecule has 0 radical (unpaired) electrons. The highest BCUT2D eigenvalue weighted by Crippen LogP contribution is 2.18. The second-order valence-electron chi connectivity index (χ2n) is 3.11. The van der Waals surface area contributed by atoms with E-state index in [0.717, 1.165) is 0 Å². The molecule has 0 amide bonds. The number of nitro benzene ring substituents is 1. The zero-order valence-electron chi connectivity index (χ0n) is 8.32. The lowest BCUT2D eigenvalue weighted by atomic mass is 10.3. The van der Waals surface area contributed by atoms with Crippen molar-refractivity contribution in [2.45, 2.75) is 12.3 Å². The van der Waals surface area contributed by atoms with E-state index in [-0.39, 0.29) is 11.4 Å². The van der Waals surface area contributed by atoms with Crippen molar-refractivity contribution in [1.82, 2.24) is 0 Å². The van der Waals surface area contributed by atoms with Crippen molar-refractivity contribution >= 4 is 21.5 Å². The minimum Gasteiger partial charge on any atom is -0.367 e. The molecule has 16 heavy (non-hydrogen) atoms. The molecule has 1 aromatic rings. The molecule has 0 aromatic heterocycles. The summed E-state index contributed by atoms with van der Waals surface area (Å²) in [5, 5.41) is 11.7. The predicted octanol–water partition coefficient (Wildman–Crippen LogP) is 1.24. The molecule has 8 heteroatoms. The maximum atomic E-state index is 10.7. The standard InChI is InChI=1S/C8H10N2O5S/c1-6(16(13,14)15)9-7-3-2-4-8(5-7)10(11)12/h2-6,9H,1H3,(H,13,14,15)/t6-/m1/s1. The van der Waals surface area contributed by atoms with E-state index in [9.17, 15) is 18.5 Å². The fraction of sp³-hybridized carbons (Fsp3) is 0.250. The molecule has 0 saturated carbocycles. The van der Waals surface area contributed by atoms with Gasteiger partial charge in [-0.25, -0.2) is 0 Å². The summed E-state index contributed by atoms with van der Waals surface area (Å²) < 4.78 is 30.1. The van der Waals surface area contributed by atoms with Gasteiger partial charge in [0.15, 0.2) is 5.37 Å². The number of anilines is 1. The number of nitrogens with one attached hydrogen (secondary N) is 1. The normalized spacial score (nSPS) is 13.1. The quantitative estimate of drug-likeness (QED) is 0.470. The van der Waals surface area contributed by atoms with Gasteiger partial charge in [-0.1, -0.05) is 6.07 Å². The molecule has 88 valence electrons. The molecule has 1 aromatic carbocycles. The van der Waals surface area contributed by atoms with Gasteiger partial charge in [-0.05, 0) is 13.0 Å². The summed E-state index contributed by atoms with van der Waals surface area (Å²) in [4.78, 5) is 9.85. The van der Waals surface area contributed by atoms with Crippen LogP contribution in [0.25, 0.3) is 0 Å². The van der Waals surface area contributed by atoms with Crippen molar-refractivity contribution in [3.05, 3.63) is 34.4 Å². The first-order valence-corrected chi connectivity index (χ1v) is 5.78. The first-order chi connectivity index (χ1) is 7.30. The summed E-state index contributed by atoms with van der Waals surface area (Å²) in [6, 6.07) is 5.34. The number of hydrogen-bond donors (Lipinski definition) is 2. The van der Waals surface area contributed by atoms with Gasteiger partial charge < -0.3 is 5.32 Å². The Balaban J connectivity index is 2.90. The van der Waals surface area contributed by atoms with Gasteiger partial charge in [0.1, 0.15) is 0 Å². The van der Waals surface area contributed by atoms with Crippen molar-refractivity contribution in [1.29, 1.82) is 0 Å². The van der Waals surface area contributed by atoms with Gasteiger partial charge in [0, 0.05) is 17.8 Å². The first-order valence-electron chi connectivity index (χ1n) is 4.28. The van der Waals surface area contributed by atoms with E-state index >= 15 is 0 Å². The summed E-state index contributed by atoms with van der Waals surface area (Å²) in [5.41, 5.74) is 0.0897. The molecule has 0 heterocycles. The fourth-order valence-corrected chi connectivity index (χ4v) is 1.30. The minimum atomic E-state index is -4.22. The summed E-state index contributed by atoms with van der Waals surface area (Å²) in [6.45, 7) is 1.23. The van der Waals surface area contributed by atoms with Crippen molar-refractivity contribution in [3.63, 3.8) is 0 Å². The maximum absolute atomic E-state index is 10.7. The topological polar surface area (TPSA) is 110 Å². The number of hydrogen-bond acceptors (Lipinski definition) is 5. The molecule has 0 bridgehead atoms. The van der Waals surface area contributed by atoms with Crippen LogP contribution in [-0.2, 0) is 10.1 Å². The third kappa shape index (κ3) is 3.17. The highest BCUT2D eigenvalue weighted by Gasteiger charge is 2.17. The van der Waals surface area contributed by atoms with Crippen molar-refractivity contribution in [2.24, 2.45) is 0 Å². The molecule has 0 saturated heterocycles. The zero-order chi connectivity index (χ0) is 12.3. The van der Waals surface area contributed by atoms with Crippen LogP contribution in [0.15, 0.2) is 24.3 Å². The first kappa shape index (κ1) is 12.4. The number of non-ortho nitro benzene ring substituents is 1. The average Bonchev–Trinajstić information content (AvgIpc) is 2.16. The van der Waals surface area contributed by atoms with Crippen molar-refractivity contribution < 1.29 is 17.9 Å². The van der Waals surface area contributed by atoms with E-state index in [1.807, 2.05) is 0 Å². The molecule has 2 N–H and O–H groups in total. The van der Waals surface area contributed by atoms with E-state index in [0.29, 0.717) is 0 Å². The van der Waals surface area contributed by atoms with E-state index in [2.05, 4.69) is 5.32 Å². The Morgan fingerprint density at radius 1 is 1.50 bits per heavy atom. The molecule has 0 spiro atoms. The van der Waals surface area contributed by atoms with Crippen LogP contribution in [0.2, 0.25) is 0 Å². The molecular formula is C8H10N2O5S. The van der Waals surface area contributed by atoms with Crippen molar-refractivity contribution in [2.75, 3.05) is 5.32 Å². The van der Waals surface area contributed by atoms with Gasteiger partial charge in [-0.3, -0.25) is 14.7 Å². The number of nitro groups is 1. The van der Waals surface area contributed by atoms with Crippen LogP contribution < -0.4 is 5.32 Å². The maximum Gasteiger partial charge on any atom is 0.285 e. The third-order valence-electron chi connectivity index (χ3n) is 1.87. The smallest absolute Gasteiger partial charge is 0.285 e. The Hall–Kier alpha value is -1.67. The molecule has 0 fully saturated rings.